The van der Waals surface area contributed by atoms with Crippen LogP contribution in [0.2, 0.25) is 0 Å². The molecular formula is C22H28N2O3S. The number of hydrogen-bond acceptors (Lipinski definition) is 3. The topological polar surface area (TPSA) is 66.5 Å². The molecule has 0 aromatic heterocycles. The van der Waals surface area contributed by atoms with Gasteiger partial charge in [0.05, 0.1) is 10.3 Å². The highest BCUT2D eigenvalue weighted by Gasteiger charge is 2.41. The van der Waals surface area contributed by atoms with Gasteiger partial charge in [-0.05, 0) is 49.4 Å². The Morgan fingerprint density at radius 3 is 2.39 bits per heavy atom. The number of rotatable bonds is 6. The molecular weight excluding hydrogens is 372 g/mol. The maximum Gasteiger partial charge on any atom is 0.243 e. The summed E-state index contributed by atoms with van der Waals surface area (Å²) in [5.74, 6) is -0.0995. The van der Waals surface area contributed by atoms with Crippen LogP contribution in [0.1, 0.15) is 37.8 Å². The van der Waals surface area contributed by atoms with Crippen molar-refractivity contribution < 1.29 is 13.2 Å². The van der Waals surface area contributed by atoms with Crippen LogP contribution in [0, 0.1) is 5.41 Å². The number of amides is 1. The summed E-state index contributed by atoms with van der Waals surface area (Å²) in [6.45, 7) is 4.98. The van der Waals surface area contributed by atoms with Gasteiger partial charge in [-0.2, -0.15) is 4.31 Å². The number of nitrogens with zero attached hydrogens (tertiary/aromatic N) is 1. The highest BCUT2D eigenvalue weighted by atomic mass is 32.2. The van der Waals surface area contributed by atoms with Crippen molar-refractivity contribution in [2.45, 2.75) is 44.6 Å². The van der Waals surface area contributed by atoms with Crippen LogP contribution in [0.4, 0.5) is 0 Å². The van der Waals surface area contributed by atoms with Crippen molar-refractivity contribution in [2.75, 3.05) is 13.1 Å². The van der Waals surface area contributed by atoms with Crippen LogP contribution < -0.4 is 5.32 Å². The summed E-state index contributed by atoms with van der Waals surface area (Å²) in [7, 11) is -3.61. The lowest BCUT2D eigenvalue weighted by atomic mass is 9.82. The first-order valence-corrected chi connectivity index (χ1v) is 11.2. The van der Waals surface area contributed by atoms with E-state index in [0.29, 0.717) is 30.8 Å². The first-order chi connectivity index (χ1) is 13.3. The lowest BCUT2D eigenvalue weighted by Crippen LogP contribution is -2.51. The average molecular weight is 401 g/mol. The zero-order chi connectivity index (χ0) is 20.2. The summed E-state index contributed by atoms with van der Waals surface area (Å²) in [5.41, 5.74) is 1.39. The Bertz CT molecular complexity index is 911. The Labute approximate surface area is 167 Å². The molecule has 1 atom stereocenters. The number of sulfonamides is 1. The van der Waals surface area contributed by atoms with E-state index < -0.39 is 15.4 Å². The standard InChI is InChI=1S/C22H28N2O3S/c1-3-18-10-12-20(13-11-18)28(26,27)24-15-7-14-22(2,17-24)21(25)23-16-19-8-5-4-6-9-19/h4-6,8-13H,3,7,14-17H2,1-2H3,(H,23,25)/t22-/m1/s1. The summed E-state index contributed by atoms with van der Waals surface area (Å²) in [5, 5.41) is 2.98. The van der Waals surface area contributed by atoms with Gasteiger partial charge in [0.25, 0.3) is 0 Å². The van der Waals surface area contributed by atoms with E-state index in [9.17, 15) is 13.2 Å². The lowest BCUT2D eigenvalue weighted by molar-refractivity contribution is -0.132. The van der Waals surface area contributed by atoms with Crippen LogP contribution in [0.5, 0.6) is 0 Å². The molecule has 1 heterocycles. The molecule has 0 radical (unpaired) electrons. The molecule has 0 unspecified atom stereocenters. The second-order valence-corrected chi connectivity index (χ2v) is 9.61. The molecule has 0 aliphatic carbocycles. The fourth-order valence-corrected chi connectivity index (χ4v) is 5.22. The van der Waals surface area contributed by atoms with Gasteiger partial charge in [-0.25, -0.2) is 8.42 Å². The van der Waals surface area contributed by atoms with E-state index in [2.05, 4.69) is 5.32 Å². The van der Waals surface area contributed by atoms with E-state index in [1.54, 1.807) is 12.1 Å². The van der Waals surface area contributed by atoms with E-state index in [0.717, 1.165) is 17.5 Å². The second-order valence-electron chi connectivity index (χ2n) is 7.67. The quantitative estimate of drug-likeness (QED) is 0.809. The van der Waals surface area contributed by atoms with Crippen molar-refractivity contribution >= 4 is 15.9 Å². The minimum absolute atomic E-state index is 0.0995. The lowest BCUT2D eigenvalue weighted by Gasteiger charge is -2.38. The Hall–Kier alpha value is -2.18. The monoisotopic (exact) mass is 400 g/mol. The van der Waals surface area contributed by atoms with E-state index in [1.807, 2.05) is 56.3 Å². The average Bonchev–Trinajstić information content (AvgIpc) is 2.72. The number of nitrogens with one attached hydrogen (secondary N) is 1. The van der Waals surface area contributed by atoms with Gasteiger partial charge in [-0.1, -0.05) is 49.4 Å². The highest BCUT2D eigenvalue weighted by Crippen LogP contribution is 2.33. The van der Waals surface area contributed by atoms with E-state index >= 15 is 0 Å². The summed E-state index contributed by atoms with van der Waals surface area (Å²) in [6, 6.07) is 16.7. The number of piperidine rings is 1. The summed E-state index contributed by atoms with van der Waals surface area (Å²) < 4.78 is 27.6. The zero-order valence-electron chi connectivity index (χ0n) is 16.5. The molecule has 1 amide bonds. The summed E-state index contributed by atoms with van der Waals surface area (Å²) >= 11 is 0. The Morgan fingerprint density at radius 2 is 1.75 bits per heavy atom. The molecule has 28 heavy (non-hydrogen) atoms. The maximum atomic E-state index is 13.1. The highest BCUT2D eigenvalue weighted by molar-refractivity contribution is 7.89. The first-order valence-electron chi connectivity index (χ1n) is 9.76. The molecule has 0 spiro atoms. The maximum absolute atomic E-state index is 13.1. The van der Waals surface area contributed by atoms with Crippen LogP contribution in [0.25, 0.3) is 0 Å². The van der Waals surface area contributed by atoms with Crippen LogP contribution in [0.15, 0.2) is 59.5 Å². The third-order valence-corrected chi connectivity index (χ3v) is 7.33. The largest absolute Gasteiger partial charge is 0.352 e. The molecule has 1 aliphatic rings. The predicted molar refractivity (Wildman–Crippen MR) is 110 cm³/mol. The van der Waals surface area contributed by atoms with Crippen molar-refractivity contribution in [1.82, 2.24) is 9.62 Å². The van der Waals surface area contributed by atoms with Crippen molar-refractivity contribution in [3.63, 3.8) is 0 Å². The Morgan fingerprint density at radius 1 is 1.07 bits per heavy atom. The Balaban J connectivity index is 1.71. The number of hydrogen-bond donors (Lipinski definition) is 1. The molecule has 1 fully saturated rings. The number of carbonyl (C=O) groups is 1. The first kappa shape index (κ1) is 20.6. The molecule has 3 rings (SSSR count). The molecule has 0 bridgehead atoms. The third-order valence-electron chi connectivity index (χ3n) is 5.47. The van der Waals surface area contributed by atoms with Gasteiger partial charge >= 0.3 is 0 Å². The fraction of sp³-hybridized carbons (Fsp3) is 0.409. The van der Waals surface area contributed by atoms with Gasteiger partial charge < -0.3 is 5.32 Å². The molecule has 2 aromatic carbocycles. The molecule has 0 saturated carbocycles. The van der Waals surface area contributed by atoms with Crippen molar-refractivity contribution in [3.8, 4) is 0 Å². The van der Waals surface area contributed by atoms with Crippen LogP contribution >= 0.6 is 0 Å². The zero-order valence-corrected chi connectivity index (χ0v) is 17.3. The van der Waals surface area contributed by atoms with Gasteiger partial charge in [-0.3, -0.25) is 4.79 Å². The summed E-state index contributed by atoms with van der Waals surface area (Å²) in [4.78, 5) is 13.1. The summed E-state index contributed by atoms with van der Waals surface area (Å²) in [6.07, 6.45) is 2.21. The third kappa shape index (κ3) is 4.45. The number of aryl methyl sites for hydroxylation is 1. The van der Waals surface area contributed by atoms with Crippen molar-refractivity contribution in [3.05, 3.63) is 65.7 Å². The van der Waals surface area contributed by atoms with Crippen LogP contribution in [-0.4, -0.2) is 31.7 Å². The molecule has 2 aromatic rings. The van der Waals surface area contributed by atoms with Gasteiger partial charge in [0.1, 0.15) is 0 Å². The SMILES string of the molecule is CCc1ccc(S(=O)(=O)N2CCC[C@@](C)(C(=O)NCc3ccccc3)C2)cc1. The van der Waals surface area contributed by atoms with Gasteiger partial charge in [0.15, 0.2) is 0 Å². The van der Waals surface area contributed by atoms with Gasteiger partial charge in [-0.15, -0.1) is 0 Å². The molecule has 1 N–H and O–H groups in total. The van der Waals surface area contributed by atoms with Gasteiger partial charge in [0.2, 0.25) is 15.9 Å². The minimum atomic E-state index is -3.61. The van der Waals surface area contributed by atoms with Crippen molar-refractivity contribution in [1.29, 1.82) is 0 Å². The Kier molecular flexibility index (Phi) is 6.20. The van der Waals surface area contributed by atoms with Crippen LogP contribution in [0.3, 0.4) is 0 Å². The number of benzene rings is 2. The van der Waals surface area contributed by atoms with E-state index in [-0.39, 0.29) is 12.5 Å². The van der Waals surface area contributed by atoms with Gasteiger partial charge in [0, 0.05) is 19.6 Å². The van der Waals surface area contributed by atoms with E-state index in [4.69, 9.17) is 0 Å². The minimum Gasteiger partial charge on any atom is -0.352 e. The predicted octanol–water partition coefficient (Wildman–Crippen LogP) is 3.36. The molecule has 1 saturated heterocycles. The molecule has 1 aliphatic heterocycles. The van der Waals surface area contributed by atoms with E-state index in [1.165, 1.54) is 4.31 Å². The normalized spacial score (nSPS) is 20.6. The van der Waals surface area contributed by atoms with Crippen LogP contribution in [-0.2, 0) is 27.8 Å². The number of carbonyl (C=O) groups excluding carboxylic acids is 1. The fourth-order valence-electron chi connectivity index (χ4n) is 3.62. The molecule has 150 valence electrons. The smallest absolute Gasteiger partial charge is 0.243 e. The molecule has 5 nitrogen and oxygen atoms in total. The second kappa shape index (κ2) is 8.45. The molecule has 6 heteroatoms. The van der Waals surface area contributed by atoms with Crippen molar-refractivity contribution in [2.24, 2.45) is 5.41 Å².